The Balaban J connectivity index is 1.62. The van der Waals surface area contributed by atoms with Crippen molar-refractivity contribution in [2.24, 2.45) is 0 Å². The molecule has 1 N–H and O–H groups in total. The molecule has 1 aromatic heterocycles. The van der Waals surface area contributed by atoms with E-state index >= 15 is 0 Å². The van der Waals surface area contributed by atoms with E-state index in [4.69, 9.17) is 16.0 Å². The van der Waals surface area contributed by atoms with Gasteiger partial charge in [0.25, 0.3) is 0 Å². The number of nitrogens with zero attached hydrogens (tertiary/aromatic N) is 1. The van der Waals surface area contributed by atoms with Crippen LogP contribution < -0.4 is 5.32 Å². The maximum absolute atomic E-state index is 11.3. The minimum atomic E-state index is 0.164. The fourth-order valence-electron chi connectivity index (χ4n) is 2.88. The summed E-state index contributed by atoms with van der Waals surface area (Å²) in [4.78, 5) is 13.2. The number of rotatable bonds is 3. The first-order chi connectivity index (χ1) is 10.1. The van der Waals surface area contributed by atoms with E-state index in [2.05, 4.69) is 5.32 Å². The lowest BCUT2D eigenvalue weighted by Crippen LogP contribution is -2.43. The molecule has 0 saturated carbocycles. The third-order valence-corrected chi connectivity index (χ3v) is 4.46. The number of benzene rings is 1. The fourth-order valence-corrected chi connectivity index (χ4v) is 3.13. The first-order valence-electron chi connectivity index (χ1n) is 7.30. The molecule has 0 radical (unpaired) electrons. The zero-order valence-corrected chi connectivity index (χ0v) is 12.8. The van der Waals surface area contributed by atoms with E-state index in [0.717, 1.165) is 42.5 Å². The Kier molecular flexibility index (Phi) is 4.17. The maximum atomic E-state index is 11.3. The predicted octanol–water partition coefficient (Wildman–Crippen LogP) is 3.19. The Bertz CT molecular complexity index is 645. The number of hydrogen-bond acceptors (Lipinski definition) is 3. The van der Waals surface area contributed by atoms with Crippen molar-refractivity contribution < 1.29 is 9.21 Å². The largest absolute Gasteiger partial charge is 0.444 e. The second kappa shape index (κ2) is 6.08. The van der Waals surface area contributed by atoms with Gasteiger partial charge in [-0.05, 0) is 30.5 Å². The molecule has 0 aliphatic carbocycles. The molecule has 2 aromatic rings. The van der Waals surface area contributed by atoms with Crippen molar-refractivity contribution in [1.82, 2.24) is 10.2 Å². The molecule has 0 bridgehead atoms. The van der Waals surface area contributed by atoms with Crippen LogP contribution in [0.15, 0.2) is 28.7 Å². The molecule has 21 heavy (non-hydrogen) atoms. The Morgan fingerprint density at radius 3 is 2.81 bits per heavy atom. The minimum Gasteiger partial charge on any atom is -0.444 e. The van der Waals surface area contributed by atoms with Gasteiger partial charge >= 0.3 is 0 Å². The Hall–Kier alpha value is -1.52. The van der Waals surface area contributed by atoms with E-state index in [-0.39, 0.29) is 5.91 Å². The molecule has 0 unspecified atom stereocenters. The van der Waals surface area contributed by atoms with E-state index in [1.165, 1.54) is 0 Å². The topological polar surface area (TPSA) is 45.5 Å². The number of para-hydroxylation sites is 1. The van der Waals surface area contributed by atoms with E-state index in [1.54, 1.807) is 6.92 Å². The minimum absolute atomic E-state index is 0.164. The molecular formula is C16H19ClN2O2. The third kappa shape index (κ3) is 3.06. The van der Waals surface area contributed by atoms with Crippen LogP contribution >= 0.6 is 11.6 Å². The smallest absolute Gasteiger partial charge is 0.219 e. The number of piperidine rings is 1. The van der Waals surface area contributed by atoms with Gasteiger partial charge in [0.1, 0.15) is 5.58 Å². The highest BCUT2D eigenvalue weighted by molar-refractivity contribution is 6.30. The van der Waals surface area contributed by atoms with Crippen LogP contribution in [-0.4, -0.2) is 29.9 Å². The maximum Gasteiger partial charge on any atom is 0.219 e. The van der Waals surface area contributed by atoms with Gasteiger partial charge in [-0.3, -0.25) is 4.79 Å². The SMILES string of the molecule is CC(=O)N1CCC(NCc2c(Cl)oc3ccccc23)CC1. The monoisotopic (exact) mass is 306 g/mol. The number of hydrogen-bond donors (Lipinski definition) is 1. The molecule has 1 amide bonds. The van der Waals surface area contributed by atoms with Gasteiger partial charge < -0.3 is 14.6 Å². The van der Waals surface area contributed by atoms with Crippen LogP contribution in [0.4, 0.5) is 0 Å². The number of amides is 1. The molecule has 1 saturated heterocycles. The van der Waals surface area contributed by atoms with Gasteiger partial charge in [0.2, 0.25) is 5.91 Å². The average molecular weight is 307 g/mol. The quantitative estimate of drug-likeness (QED) is 0.947. The summed E-state index contributed by atoms with van der Waals surface area (Å²) in [7, 11) is 0. The van der Waals surface area contributed by atoms with Gasteiger partial charge in [-0.25, -0.2) is 0 Å². The first kappa shape index (κ1) is 14.4. The van der Waals surface area contributed by atoms with Crippen molar-refractivity contribution in [3.63, 3.8) is 0 Å². The molecule has 3 rings (SSSR count). The van der Waals surface area contributed by atoms with Gasteiger partial charge in [-0.2, -0.15) is 0 Å². The van der Waals surface area contributed by atoms with Crippen molar-refractivity contribution in [3.8, 4) is 0 Å². The summed E-state index contributed by atoms with van der Waals surface area (Å²) < 4.78 is 5.56. The number of carbonyl (C=O) groups is 1. The number of halogens is 1. The summed E-state index contributed by atoms with van der Waals surface area (Å²) in [5.74, 6) is 0.164. The highest BCUT2D eigenvalue weighted by atomic mass is 35.5. The van der Waals surface area contributed by atoms with Gasteiger partial charge in [-0.15, -0.1) is 0 Å². The molecular weight excluding hydrogens is 288 g/mol. The van der Waals surface area contributed by atoms with Crippen LogP contribution in [0.5, 0.6) is 0 Å². The van der Waals surface area contributed by atoms with E-state index < -0.39 is 0 Å². The van der Waals surface area contributed by atoms with Crippen LogP contribution in [0.3, 0.4) is 0 Å². The van der Waals surface area contributed by atoms with Crippen molar-refractivity contribution >= 4 is 28.5 Å². The molecule has 0 atom stereocenters. The van der Waals surface area contributed by atoms with Gasteiger partial charge in [0.15, 0.2) is 5.22 Å². The lowest BCUT2D eigenvalue weighted by atomic mass is 10.0. The van der Waals surface area contributed by atoms with Crippen molar-refractivity contribution in [1.29, 1.82) is 0 Å². The summed E-state index contributed by atoms with van der Waals surface area (Å²) in [6.07, 6.45) is 1.96. The normalized spacial score (nSPS) is 16.6. The summed E-state index contributed by atoms with van der Waals surface area (Å²) in [6.45, 7) is 3.98. The van der Waals surface area contributed by atoms with Crippen LogP contribution in [0.2, 0.25) is 5.22 Å². The Morgan fingerprint density at radius 2 is 2.10 bits per heavy atom. The average Bonchev–Trinajstić information content (AvgIpc) is 2.81. The molecule has 2 heterocycles. The number of nitrogens with one attached hydrogen (secondary N) is 1. The van der Waals surface area contributed by atoms with Crippen LogP contribution in [0, 0.1) is 0 Å². The van der Waals surface area contributed by atoms with E-state index in [0.29, 0.717) is 17.8 Å². The predicted molar refractivity (Wildman–Crippen MR) is 83.3 cm³/mol. The highest BCUT2D eigenvalue weighted by Gasteiger charge is 2.21. The highest BCUT2D eigenvalue weighted by Crippen LogP contribution is 2.29. The van der Waals surface area contributed by atoms with Gasteiger partial charge in [-0.1, -0.05) is 18.2 Å². The molecule has 0 spiro atoms. The molecule has 1 aliphatic rings. The van der Waals surface area contributed by atoms with E-state index in [1.807, 2.05) is 29.2 Å². The van der Waals surface area contributed by atoms with Crippen molar-refractivity contribution in [2.75, 3.05) is 13.1 Å². The molecule has 112 valence electrons. The number of fused-ring (bicyclic) bond motifs is 1. The van der Waals surface area contributed by atoms with E-state index in [9.17, 15) is 4.79 Å². The van der Waals surface area contributed by atoms with Crippen LogP contribution in [0.1, 0.15) is 25.3 Å². The number of likely N-dealkylation sites (tertiary alicyclic amines) is 1. The van der Waals surface area contributed by atoms with Crippen LogP contribution in [0.25, 0.3) is 11.0 Å². The Labute approximate surface area is 129 Å². The fraction of sp³-hybridized carbons (Fsp3) is 0.438. The summed E-state index contributed by atoms with van der Waals surface area (Å²) in [6, 6.07) is 8.31. The number of furan rings is 1. The first-order valence-corrected chi connectivity index (χ1v) is 7.68. The molecule has 1 aliphatic heterocycles. The van der Waals surface area contributed by atoms with Gasteiger partial charge in [0.05, 0.1) is 0 Å². The van der Waals surface area contributed by atoms with Gasteiger partial charge in [0, 0.05) is 43.5 Å². The molecule has 1 fully saturated rings. The summed E-state index contributed by atoms with van der Waals surface area (Å²) in [5, 5.41) is 5.06. The van der Waals surface area contributed by atoms with Crippen LogP contribution in [-0.2, 0) is 11.3 Å². The standard InChI is InChI=1S/C16H19ClN2O2/c1-11(20)19-8-6-12(7-9-19)18-10-14-13-4-2-3-5-15(13)21-16(14)17/h2-5,12,18H,6-10H2,1H3. The molecule has 4 nitrogen and oxygen atoms in total. The second-order valence-electron chi connectivity index (χ2n) is 5.51. The van der Waals surface area contributed by atoms with Crippen molar-refractivity contribution in [2.45, 2.75) is 32.4 Å². The zero-order valence-electron chi connectivity index (χ0n) is 12.1. The Morgan fingerprint density at radius 1 is 1.38 bits per heavy atom. The number of carbonyl (C=O) groups excluding carboxylic acids is 1. The third-order valence-electron chi connectivity index (χ3n) is 4.16. The van der Waals surface area contributed by atoms with Crippen molar-refractivity contribution in [3.05, 3.63) is 35.0 Å². The zero-order chi connectivity index (χ0) is 14.8. The lowest BCUT2D eigenvalue weighted by molar-refractivity contribution is -0.129. The second-order valence-corrected chi connectivity index (χ2v) is 5.86. The molecule has 5 heteroatoms. The lowest BCUT2D eigenvalue weighted by Gasteiger charge is -2.31. The summed E-state index contributed by atoms with van der Waals surface area (Å²) in [5.41, 5.74) is 1.84. The molecule has 1 aromatic carbocycles. The summed E-state index contributed by atoms with van der Waals surface area (Å²) >= 11 is 6.19.